The highest BCUT2D eigenvalue weighted by Crippen LogP contribution is 2.40. The number of carboxylic acids is 1. The van der Waals surface area contributed by atoms with E-state index in [0.717, 1.165) is 43.9 Å². The Hall–Kier alpha value is -1.75. The van der Waals surface area contributed by atoms with Gasteiger partial charge in [0.1, 0.15) is 17.1 Å². The lowest BCUT2D eigenvalue weighted by Gasteiger charge is -2.36. The Bertz CT molecular complexity index is 560. The van der Waals surface area contributed by atoms with Gasteiger partial charge in [0.2, 0.25) is 0 Å². The maximum absolute atomic E-state index is 10.7. The molecule has 0 saturated carbocycles. The molecule has 1 aromatic rings. The minimum atomic E-state index is -0.737. The molecule has 1 atom stereocenters. The van der Waals surface area contributed by atoms with Gasteiger partial charge < -0.3 is 14.6 Å². The number of rotatable bonds is 5. The number of aliphatic carboxylic acids is 1. The summed E-state index contributed by atoms with van der Waals surface area (Å²) in [6, 6.07) is 6.03. The second-order valence-corrected chi connectivity index (χ2v) is 6.16. The van der Waals surface area contributed by atoms with Crippen LogP contribution in [0, 0.1) is 0 Å². The maximum Gasteiger partial charge on any atom is 0.304 e. The summed E-state index contributed by atoms with van der Waals surface area (Å²) in [5.41, 5.74) is 1.07. The molecule has 1 unspecified atom stereocenters. The van der Waals surface area contributed by atoms with E-state index in [9.17, 15) is 4.79 Å². The fourth-order valence-corrected chi connectivity index (χ4v) is 3.41. The molecule has 0 amide bonds. The molecule has 22 heavy (non-hydrogen) atoms. The molecule has 120 valence electrons. The molecular formula is C17H23NO4. The van der Waals surface area contributed by atoms with Crippen molar-refractivity contribution in [3.8, 4) is 11.5 Å². The predicted molar refractivity (Wildman–Crippen MR) is 82.6 cm³/mol. The smallest absolute Gasteiger partial charge is 0.304 e. The van der Waals surface area contributed by atoms with Gasteiger partial charge in [0.15, 0.2) is 0 Å². The number of nitrogens with zero attached hydrogens (tertiary/aromatic N) is 1. The normalized spacial score (nSPS) is 24.0. The van der Waals surface area contributed by atoms with Crippen molar-refractivity contribution in [3.05, 3.63) is 23.8 Å². The topological polar surface area (TPSA) is 59.0 Å². The summed E-state index contributed by atoms with van der Waals surface area (Å²) in [5, 5.41) is 8.81. The molecular weight excluding hydrogens is 282 g/mol. The number of carboxylic acid groups (broad SMARTS) is 1. The van der Waals surface area contributed by atoms with E-state index in [0.29, 0.717) is 13.2 Å². The van der Waals surface area contributed by atoms with Crippen molar-refractivity contribution >= 4 is 5.97 Å². The summed E-state index contributed by atoms with van der Waals surface area (Å²) in [4.78, 5) is 12.9. The number of aryl methyl sites for hydroxylation is 1. The van der Waals surface area contributed by atoms with Crippen molar-refractivity contribution in [2.75, 3.05) is 26.2 Å². The van der Waals surface area contributed by atoms with Gasteiger partial charge in [-0.05, 0) is 43.5 Å². The molecule has 0 radical (unpaired) electrons. The Morgan fingerprint density at radius 1 is 1.45 bits per heavy atom. The lowest BCUT2D eigenvalue weighted by atomic mass is 9.90. The Kier molecular flexibility index (Phi) is 4.25. The summed E-state index contributed by atoms with van der Waals surface area (Å²) < 4.78 is 11.8. The first-order chi connectivity index (χ1) is 10.6. The highest BCUT2D eigenvalue weighted by atomic mass is 16.5. The zero-order valence-corrected chi connectivity index (χ0v) is 13.0. The molecule has 2 heterocycles. The molecule has 1 fully saturated rings. The monoisotopic (exact) mass is 305 g/mol. The van der Waals surface area contributed by atoms with Crippen LogP contribution in [0.1, 0.15) is 31.7 Å². The molecule has 0 aliphatic carbocycles. The van der Waals surface area contributed by atoms with Crippen molar-refractivity contribution in [1.29, 1.82) is 0 Å². The van der Waals surface area contributed by atoms with Gasteiger partial charge in [-0.1, -0.05) is 0 Å². The first-order valence-electron chi connectivity index (χ1n) is 7.99. The van der Waals surface area contributed by atoms with E-state index < -0.39 is 5.97 Å². The number of likely N-dealkylation sites (tertiary alicyclic amines) is 1. The Morgan fingerprint density at radius 3 is 3.09 bits per heavy atom. The molecule has 5 heteroatoms. The van der Waals surface area contributed by atoms with Crippen LogP contribution in [0.3, 0.4) is 0 Å². The van der Waals surface area contributed by atoms with E-state index in [1.807, 2.05) is 19.1 Å². The summed E-state index contributed by atoms with van der Waals surface area (Å²) in [6.07, 6.45) is 3.14. The Labute approximate surface area is 130 Å². The third-order valence-corrected chi connectivity index (χ3v) is 4.56. The van der Waals surface area contributed by atoms with Gasteiger partial charge in [0, 0.05) is 26.1 Å². The quantitative estimate of drug-likeness (QED) is 0.905. The largest absolute Gasteiger partial charge is 0.494 e. The van der Waals surface area contributed by atoms with E-state index in [-0.39, 0.29) is 12.0 Å². The van der Waals surface area contributed by atoms with Crippen molar-refractivity contribution in [1.82, 2.24) is 4.90 Å². The molecule has 2 aliphatic heterocycles. The second-order valence-electron chi connectivity index (χ2n) is 6.16. The van der Waals surface area contributed by atoms with Gasteiger partial charge in [-0.25, -0.2) is 0 Å². The van der Waals surface area contributed by atoms with Crippen LogP contribution < -0.4 is 9.47 Å². The van der Waals surface area contributed by atoms with Crippen molar-refractivity contribution < 1.29 is 19.4 Å². The van der Waals surface area contributed by atoms with E-state index in [2.05, 4.69) is 11.0 Å². The minimum Gasteiger partial charge on any atom is -0.494 e. The highest BCUT2D eigenvalue weighted by molar-refractivity contribution is 5.66. The Balaban J connectivity index is 1.65. The number of hydrogen-bond donors (Lipinski definition) is 1. The van der Waals surface area contributed by atoms with Gasteiger partial charge in [-0.3, -0.25) is 9.69 Å². The fourth-order valence-electron chi connectivity index (χ4n) is 3.41. The third-order valence-electron chi connectivity index (χ3n) is 4.56. The van der Waals surface area contributed by atoms with E-state index in [1.54, 1.807) is 0 Å². The SMILES string of the molecule is CCOc1ccc2c(c1)CCC1(CCN(CCC(=O)O)C1)O2. The number of carbonyl (C=O) groups is 1. The fraction of sp³-hybridized carbons (Fsp3) is 0.588. The number of hydrogen-bond acceptors (Lipinski definition) is 4. The highest BCUT2D eigenvalue weighted by Gasteiger charge is 2.42. The molecule has 5 nitrogen and oxygen atoms in total. The van der Waals surface area contributed by atoms with Crippen LogP contribution in [0.5, 0.6) is 11.5 Å². The number of fused-ring (bicyclic) bond motifs is 1. The van der Waals surface area contributed by atoms with Crippen LogP contribution in [0.15, 0.2) is 18.2 Å². The van der Waals surface area contributed by atoms with E-state index in [4.69, 9.17) is 14.6 Å². The van der Waals surface area contributed by atoms with Crippen LogP contribution in [0.2, 0.25) is 0 Å². The van der Waals surface area contributed by atoms with Crippen LogP contribution in [-0.4, -0.2) is 47.8 Å². The summed E-state index contributed by atoms with van der Waals surface area (Å²) in [5.74, 6) is 1.12. The zero-order chi connectivity index (χ0) is 15.6. The van der Waals surface area contributed by atoms with Crippen LogP contribution >= 0.6 is 0 Å². The van der Waals surface area contributed by atoms with Gasteiger partial charge in [0.25, 0.3) is 0 Å². The number of benzene rings is 1. The third kappa shape index (κ3) is 3.19. The van der Waals surface area contributed by atoms with Gasteiger partial charge in [-0.15, -0.1) is 0 Å². The van der Waals surface area contributed by atoms with Crippen molar-refractivity contribution in [2.24, 2.45) is 0 Å². The molecule has 1 saturated heterocycles. The van der Waals surface area contributed by atoms with Crippen molar-refractivity contribution in [3.63, 3.8) is 0 Å². The minimum absolute atomic E-state index is 0.140. The molecule has 1 spiro atoms. The van der Waals surface area contributed by atoms with Crippen molar-refractivity contribution in [2.45, 2.75) is 38.2 Å². The zero-order valence-electron chi connectivity index (χ0n) is 13.0. The summed E-state index contributed by atoms with van der Waals surface area (Å²) >= 11 is 0. The van der Waals surface area contributed by atoms with E-state index in [1.165, 1.54) is 5.56 Å². The van der Waals surface area contributed by atoms with E-state index >= 15 is 0 Å². The predicted octanol–water partition coefficient (Wildman–Crippen LogP) is 2.33. The van der Waals surface area contributed by atoms with Crippen LogP contribution in [0.25, 0.3) is 0 Å². The molecule has 3 rings (SSSR count). The average molecular weight is 305 g/mol. The molecule has 0 bridgehead atoms. The average Bonchev–Trinajstić information content (AvgIpc) is 2.89. The second kappa shape index (κ2) is 6.16. The molecule has 2 aliphatic rings. The van der Waals surface area contributed by atoms with Gasteiger partial charge in [0.05, 0.1) is 13.0 Å². The molecule has 1 N–H and O–H groups in total. The first-order valence-corrected chi connectivity index (χ1v) is 7.99. The van der Waals surface area contributed by atoms with Crippen LogP contribution in [0.4, 0.5) is 0 Å². The first kappa shape index (κ1) is 15.2. The van der Waals surface area contributed by atoms with Crippen LogP contribution in [-0.2, 0) is 11.2 Å². The maximum atomic E-state index is 10.7. The standard InChI is InChI=1S/C17H23NO4/c1-2-21-14-3-4-15-13(11-14)5-7-17(22-15)8-10-18(12-17)9-6-16(19)20/h3-4,11H,2,5-10,12H2,1H3,(H,19,20). The van der Waals surface area contributed by atoms with Gasteiger partial charge >= 0.3 is 5.97 Å². The summed E-state index contributed by atoms with van der Waals surface area (Å²) in [7, 11) is 0. The lowest BCUT2D eigenvalue weighted by Crippen LogP contribution is -2.42. The lowest BCUT2D eigenvalue weighted by molar-refractivity contribution is -0.137. The Morgan fingerprint density at radius 2 is 2.32 bits per heavy atom. The number of ether oxygens (including phenoxy) is 2. The molecule has 1 aromatic carbocycles. The summed E-state index contributed by atoms with van der Waals surface area (Å²) in [6.45, 7) is 5.00. The molecule has 0 aromatic heterocycles. The van der Waals surface area contributed by atoms with Gasteiger partial charge in [-0.2, -0.15) is 0 Å².